The number of nitrogens with zero attached hydrogens (tertiary/aromatic N) is 2. The van der Waals surface area contributed by atoms with Crippen molar-refractivity contribution in [3.8, 4) is 0 Å². The van der Waals surface area contributed by atoms with E-state index in [1.54, 1.807) is 18.2 Å². The zero-order valence-electron chi connectivity index (χ0n) is 10.3. The van der Waals surface area contributed by atoms with Gasteiger partial charge < -0.3 is 5.32 Å². The summed E-state index contributed by atoms with van der Waals surface area (Å²) >= 11 is 6.83. The molecule has 2 aromatic rings. The number of hydrogen-bond donors (Lipinski definition) is 1. The highest BCUT2D eigenvalue weighted by molar-refractivity contribution is 9.11. The molecule has 1 heterocycles. The topological polar surface area (TPSA) is 89.0 Å². The molecule has 0 fully saturated rings. The van der Waals surface area contributed by atoms with E-state index in [0.29, 0.717) is 26.2 Å². The first kappa shape index (κ1) is 17.4. The van der Waals surface area contributed by atoms with Crippen LogP contribution in [0.5, 0.6) is 0 Å². The number of halogens is 4. The lowest BCUT2D eigenvalue weighted by Crippen LogP contribution is -2.18. The molecule has 1 N–H and O–H groups in total. The Kier molecular flexibility index (Phi) is 5.25. The van der Waals surface area contributed by atoms with Crippen molar-refractivity contribution < 1.29 is 22.0 Å². The molecule has 1 amide bonds. The summed E-state index contributed by atoms with van der Waals surface area (Å²) in [6, 6.07) is 4.90. The average molecular weight is 477 g/mol. The van der Waals surface area contributed by atoms with Crippen LogP contribution in [0.25, 0.3) is 0 Å². The lowest BCUT2D eigenvalue weighted by atomic mass is 10.3. The zero-order chi connectivity index (χ0) is 16.5. The highest BCUT2D eigenvalue weighted by atomic mass is 79.9. The van der Waals surface area contributed by atoms with Gasteiger partial charge in [0.1, 0.15) is 0 Å². The SMILES string of the molecule is O=C(Nc1cc(Br)ccc1Br)c1snnc1S(=O)(=O)C(F)F. The third-order valence-corrected chi connectivity index (χ3v) is 5.68. The number of carbonyl (C=O) groups excluding carboxylic acids is 1. The quantitative estimate of drug-likeness (QED) is 0.731. The van der Waals surface area contributed by atoms with E-state index >= 15 is 0 Å². The van der Waals surface area contributed by atoms with Crippen LogP contribution in [0.4, 0.5) is 14.5 Å². The van der Waals surface area contributed by atoms with Crippen LogP contribution in [0.15, 0.2) is 32.2 Å². The second-order valence-corrected chi connectivity index (χ2v) is 8.15. The summed E-state index contributed by atoms with van der Waals surface area (Å²) in [5.74, 6) is -4.58. The van der Waals surface area contributed by atoms with Crippen molar-refractivity contribution in [1.82, 2.24) is 9.59 Å². The lowest BCUT2D eigenvalue weighted by Gasteiger charge is -2.07. The number of alkyl halides is 2. The van der Waals surface area contributed by atoms with E-state index in [1.165, 1.54) is 0 Å². The summed E-state index contributed by atoms with van der Waals surface area (Å²) in [7, 11) is -5.00. The Morgan fingerprint density at radius 3 is 2.64 bits per heavy atom. The highest BCUT2D eigenvalue weighted by Crippen LogP contribution is 2.28. The third-order valence-electron chi connectivity index (χ3n) is 2.34. The van der Waals surface area contributed by atoms with Crippen molar-refractivity contribution >= 4 is 64.8 Å². The first-order valence-electron chi connectivity index (χ1n) is 5.34. The van der Waals surface area contributed by atoms with Crippen molar-refractivity contribution in [3.63, 3.8) is 0 Å². The number of aromatic nitrogens is 2. The van der Waals surface area contributed by atoms with Gasteiger partial charge in [0.2, 0.25) is 5.03 Å². The largest absolute Gasteiger partial charge is 0.342 e. The van der Waals surface area contributed by atoms with Crippen LogP contribution < -0.4 is 5.32 Å². The number of carbonyl (C=O) groups is 1. The Balaban J connectivity index is 2.36. The fourth-order valence-corrected chi connectivity index (χ4v) is 3.71. The Hall–Kier alpha value is -0.980. The van der Waals surface area contributed by atoms with Gasteiger partial charge in [0.05, 0.1) is 5.69 Å². The second kappa shape index (κ2) is 6.64. The third kappa shape index (κ3) is 3.50. The molecule has 1 aromatic heterocycles. The van der Waals surface area contributed by atoms with Crippen molar-refractivity contribution in [3.05, 3.63) is 32.0 Å². The van der Waals surface area contributed by atoms with Gasteiger partial charge in [0, 0.05) is 8.95 Å². The summed E-state index contributed by atoms with van der Waals surface area (Å²) in [4.78, 5) is 11.6. The predicted molar refractivity (Wildman–Crippen MR) is 82.9 cm³/mol. The van der Waals surface area contributed by atoms with Gasteiger partial charge in [-0.3, -0.25) is 4.79 Å². The van der Waals surface area contributed by atoms with Crippen molar-refractivity contribution in [2.45, 2.75) is 10.8 Å². The van der Waals surface area contributed by atoms with Crippen LogP contribution in [0, 0.1) is 0 Å². The molecule has 0 aliphatic heterocycles. The number of benzene rings is 1. The molecule has 0 saturated heterocycles. The van der Waals surface area contributed by atoms with Crippen molar-refractivity contribution in [1.29, 1.82) is 0 Å². The molecule has 0 radical (unpaired) electrons. The maximum absolute atomic E-state index is 12.6. The highest BCUT2D eigenvalue weighted by Gasteiger charge is 2.35. The number of sulfone groups is 1. The van der Waals surface area contributed by atoms with Gasteiger partial charge in [-0.05, 0) is 45.7 Å². The maximum Gasteiger partial charge on any atom is 0.342 e. The van der Waals surface area contributed by atoms with Crippen LogP contribution in [0.1, 0.15) is 9.67 Å². The fraction of sp³-hybridized carbons (Fsp3) is 0.100. The van der Waals surface area contributed by atoms with E-state index in [4.69, 9.17) is 0 Å². The molecule has 118 valence electrons. The van der Waals surface area contributed by atoms with Gasteiger partial charge in [0.15, 0.2) is 4.88 Å². The maximum atomic E-state index is 12.6. The Morgan fingerprint density at radius 1 is 1.32 bits per heavy atom. The summed E-state index contributed by atoms with van der Waals surface area (Å²) in [5, 5.41) is 4.51. The standard InChI is InChI=1S/C10H5Br2F2N3O3S2/c11-4-1-2-5(12)6(3-4)15-8(18)7-9(16-17-21-7)22(19,20)10(13)14/h1-3,10H,(H,15,18). The summed E-state index contributed by atoms with van der Waals surface area (Å²) in [5.41, 5.74) is 0.327. The van der Waals surface area contributed by atoms with Crippen LogP contribution in [-0.4, -0.2) is 29.7 Å². The minimum absolute atomic E-state index is 0.327. The Labute approximate surface area is 144 Å². The molecule has 12 heteroatoms. The Bertz CT molecular complexity index is 827. The molecule has 0 aliphatic rings. The van der Waals surface area contributed by atoms with E-state index in [1.807, 2.05) is 0 Å². The average Bonchev–Trinajstić information content (AvgIpc) is 2.92. The molecule has 0 aliphatic carbocycles. The normalized spacial score (nSPS) is 11.7. The van der Waals surface area contributed by atoms with Gasteiger partial charge in [-0.15, -0.1) is 5.10 Å². The summed E-state index contributed by atoms with van der Waals surface area (Å²) in [6.07, 6.45) is 0. The first-order chi connectivity index (χ1) is 10.2. The summed E-state index contributed by atoms with van der Waals surface area (Å²) in [6.45, 7) is 0. The van der Waals surface area contributed by atoms with Gasteiger partial charge in [-0.1, -0.05) is 20.4 Å². The smallest absolute Gasteiger partial charge is 0.320 e. The van der Waals surface area contributed by atoms with E-state index in [0.717, 1.165) is 0 Å². The predicted octanol–water partition coefficient (Wildman–Crippen LogP) is 3.31. The molecule has 0 bridgehead atoms. The number of rotatable bonds is 4. The molecule has 6 nitrogen and oxygen atoms in total. The first-order valence-corrected chi connectivity index (χ1v) is 9.25. The van der Waals surface area contributed by atoms with E-state index in [9.17, 15) is 22.0 Å². The lowest BCUT2D eigenvalue weighted by molar-refractivity contribution is 0.102. The molecule has 0 atom stereocenters. The molecular formula is C10H5Br2F2N3O3S2. The minimum atomic E-state index is -5.00. The van der Waals surface area contributed by atoms with E-state index < -0.39 is 31.4 Å². The van der Waals surface area contributed by atoms with Gasteiger partial charge in [0.25, 0.3) is 15.7 Å². The van der Waals surface area contributed by atoms with Crippen molar-refractivity contribution in [2.75, 3.05) is 5.32 Å². The van der Waals surface area contributed by atoms with E-state index in [-0.39, 0.29) is 0 Å². The molecule has 2 rings (SSSR count). The molecule has 0 spiro atoms. The molecule has 1 aromatic carbocycles. The minimum Gasteiger partial charge on any atom is -0.320 e. The van der Waals surface area contributed by atoms with Crippen LogP contribution in [-0.2, 0) is 9.84 Å². The fourth-order valence-electron chi connectivity index (χ4n) is 1.36. The number of nitrogens with one attached hydrogen (secondary N) is 1. The Morgan fingerprint density at radius 2 is 2.00 bits per heavy atom. The van der Waals surface area contributed by atoms with Crippen LogP contribution in [0.2, 0.25) is 0 Å². The van der Waals surface area contributed by atoms with E-state index in [2.05, 4.69) is 46.8 Å². The molecule has 0 saturated carbocycles. The molecule has 0 unspecified atom stereocenters. The molecular weight excluding hydrogens is 472 g/mol. The van der Waals surface area contributed by atoms with Gasteiger partial charge in [-0.2, -0.15) is 8.78 Å². The van der Waals surface area contributed by atoms with Crippen molar-refractivity contribution in [2.24, 2.45) is 0 Å². The van der Waals surface area contributed by atoms with Gasteiger partial charge in [-0.25, -0.2) is 8.42 Å². The van der Waals surface area contributed by atoms with Crippen LogP contribution >= 0.6 is 43.4 Å². The van der Waals surface area contributed by atoms with Crippen LogP contribution in [0.3, 0.4) is 0 Å². The van der Waals surface area contributed by atoms with Gasteiger partial charge >= 0.3 is 5.76 Å². The monoisotopic (exact) mass is 475 g/mol. The molecule has 22 heavy (non-hydrogen) atoms. The zero-order valence-corrected chi connectivity index (χ0v) is 15.1. The number of anilines is 1. The number of hydrogen-bond acceptors (Lipinski definition) is 6. The second-order valence-electron chi connectivity index (χ2n) is 3.79. The summed E-state index contributed by atoms with van der Waals surface area (Å²) < 4.78 is 52.5. The number of amides is 1.